The highest BCUT2D eigenvalue weighted by Crippen LogP contribution is 2.23. The van der Waals surface area contributed by atoms with Gasteiger partial charge in [-0.3, -0.25) is 20.4 Å². The van der Waals surface area contributed by atoms with Crippen molar-refractivity contribution < 1.29 is 14.3 Å². The average Bonchev–Trinajstić information content (AvgIpc) is 2.91. The van der Waals surface area contributed by atoms with E-state index in [0.29, 0.717) is 16.8 Å². The highest BCUT2D eigenvalue weighted by atomic mass is 16.5. The number of ether oxygens (including phenoxy) is 1. The van der Waals surface area contributed by atoms with E-state index in [1.54, 1.807) is 12.1 Å². The van der Waals surface area contributed by atoms with Crippen LogP contribution in [0.4, 0.5) is 0 Å². The van der Waals surface area contributed by atoms with Gasteiger partial charge in [-0.1, -0.05) is 18.6 Å². The predicted molar refractivity (Wildman–Crippen MR) is 112 cm³/mol. The molecule has 0 aliphatic carbocycles. The minimum Gasteiger partial charge on any atom is -0.484 e. The lowest BCUT2D eigenvalue weighted by atomic mass is 10.2. The third-order valence-electron chi connectivity index (χ3n) is 5.11. The Morgan fingerprint density at radius 1 is 1.10 bits per heavy atom. The van der Waals surface area contributed by atoms with Crippen LogP contribution in [0.2, 0.25) is 0 Å². The van der Waals surface area contributed by atoms with Gasteiger partial charge >= 0.3 is 0 Å². The van der Waals surface area contributed by atoms with Crippen LogP contribution in [-0.4, -0.2) is 33.0 Å². The van der Waals surface area contributed by atoms with Crippen LogP contribution < -0.4 is 15.6 Å². The van der Waals surface area contributed by atoms with Crippen LogP contribution in [0, 0.1) is 13.8 Å². The normalized spacial score (nSPS) is 13.4. The Kier molecular flexibility index (Phi) is 5.65. The first kappa shape index (κ1) is 19.9. The smallest absolute Gasteiger partial charge is 0.276 e. The van der Waals surface area contributed by atoms with Crippen LogP contribution in [0.3, 0.4) is 0 Å². The van der Waals surface area contributed by atoms with Gasteiger partial charge in [0, 0.05) is 18.7 Å². The summed E-state index contributed by atoms with van der Waals surface area (Å²) in [7, 11) is 0. The van der Waals surface area contributed by atoms with Gasteiger partial charge in [0.1, 0.15) is 17.1 Å². The van der Waals surface area contributed by atoms with Crippen molar-refractivity contribution in [3.05, 3.63) is 53.0 Å². The van der Waals surface area contributed by atoms with Gasteiger partial charge in [-0.2, -0.15) is 0 Å². The maximum absolute atomic E-state index is 12.8. The van der Waals surface area contributed by atoms with Crippen LogP contribution in [0.5, 0.6) is 5.75 Å². The molecule has 8 nitrogen and oxygen atoms in total. The molecule has 3 heterocycles. The molecule has 0 fully saturated rings. The summed E-state index contributed by atoms with van der Waals surface area (Å²) in [6, 6.07) is 9.11. The molecule has 3 aromatic rings. The molecule has 0 unspecified atom stereocenters. The van der Waals surface area contributed by atoms with Gasteiger partial charge in [-0.05, 0) is 50.5 Å². The van der Waals surface area contributed by atoms with Crippen LogP contribution in [0.25, 0.3) is 11.2 Å². The number of pyridine rings is 1. The summed E-state index contributed by atoms with van der Waals surface area (Å²) in [6.07, 6.45) is 4.21. The number of amides is 2. The standard InChI is InChI=1S/C22H25N5O3/c1-14-7-6-8-16(11-14)30-13-19(28)25-26-22(29)17-12-15(2)23-21-20(17)24-18-9-4-3-5-10-27(18)21/h6-8,11-12H,3-5,9-10,13H2,1-2H3,(H,25,28)(H,26,29). The lowest BCUT2D eigenvalue weighted by molar-refractivity contribution is -0.123. The third kappa shape index (κ3) is 4.27. The van der Waals surface area contributed by atoms with Crippen molar-refractivity contribution in [2.75, 3.05) is 6.61 Å². The van der Waals surface area contributed by atoms with Crippen molar-refractivity contribution in [3.8, 4) is 5.75 Å². The molecule has 0 radical (unpaired) electrons. The van der Waals surface area contributed by atoms with Crippen LogP contribution in [0.15, 0.2) is 30.3 Å². The molecule has 8 heteroatoms. The van der Waals surface area contributed by atoms with E-state index in [9.17, 15) is 9.59 Å². The van der Waals surface area contributed by atoms with Gasteiger partial charge in [0.2, 0.25) is 0 Å². The summed E-state index contributed by atoms with van der Waals surface area (Å²) < 4.78 is 7.57. The fraction of sp³-hybridized carbons (Fsp3) is 0.364. The number of carbonyl (C=O) groups is 2. The molecule has 1 aliphatic rings. The molecular weight excluding hydrogens is 382 g/mol. The van der Waals surface area contributed by atoms with Gasteiger partial charge in [-0.25, -0.2) is 9.97 Å². The molecule has 2 aromatic heterocycles. The number of hydrogen-bond acceptors (Lipinski definition) is 5. The molecule has 0 spiro atoms. The molecule has 1 aliphatic heterocycles. The quantitative estimate of drug-likeness (QED) is 0.648. The average molecular weight is 407 g/mol. The lowest BCUT2D eigenvalue weighted by Crippen LogP contribution is -2.44. The van der Waals surface area contributed by atoms with Crippen LogP contribution >= 0.6 is 0 Å². The fourth-order valence-corrected chi connectivity index (χ4v) is 3.67. The molecule has 2 N–H and O–H groups in total. The number of nitrogens with one attached hydrogen (secondary N) is 2. The minimum absolute atomic E-state index is 0.201. The fourth-order valence-electron chi connectivity index (χ4n) is 3.67. The first-order chi connectivity index (χ1) is 14.5. The zero-order valence-corrected chi connectivity index (χ0v) is 17.2. The van der Waals surface area contributed by atoms with Crippen molar-refractivity contribution in [2.45, 2.75) is 46.1 Å². The molecule has 0 atom stereocenters. The number of imidazole rings is 1. The van der Waals surface area contributed by atoms with E-state index < -0.39 is 11.8 Å². The number of carbonyl (C=O) groups excluding carboxylic acids is 2. The Morgan fingerprint density at radius 3 is 2.80 bits per heavy atom. The van der Waals surface area contributed by atoms with Crippen molar-refractivity contribution in [3.63, 3.8) is 0 Å². The van der Waals surface area contributed by atoms with E-state index in [-0.39, 0.29) is 6.61 Å². The van der Waals surface area contributed by atoms with Gasteiger partial charge in [0.25, 0.3) is 11.8 Å². The van der Waals surface area contributed by atoms with E-state index in [1.807, 2.05) is 32.0 Å². The molecule has 156 valence electrons. The number of rotatable bonds is 4. The summed E-state index contributed by atoms with van der Waals surface area (Å²) >= 11 is 0. The Bertz CT molecular complexity index is 1110. The van der Waals surface area contributed by atoms with Gasteiger partial charge in [0.15, 0.2) is 12.3 Å². The summed E-state index contributed by atoms with van der Waals surface area (Å²) in [6.45, 7) is 4.45. The predicted octanol–water partition coefficient (Wildman–Crippen LogP) is 2.61. The van der Waals surface area contributed by atoms with Gasteiger partial charge in [-0.15, -0.1) is 0 Å². The zero-order chi connectivity index (χ0) is 21.1. The SMILES string of the molecule is Cc1cccc(OCC(=O)NNC(=O)c2cc(C)nc3c2nc2n3CCCCC2)c1. The van der Waals surface area contributed by atoms with E-state index in [1.165, 1.54) is 6.42 Å². The Morgan fingerprint density at radius 2 is 1.97 bits per heavy atom. The summed E-state index contributed by atoms with van der Waals surface area (Å²) in [5.74, 6) is 0.683. The summed E-state index contributed by atoms with van der Waals surface area (Å²) in [5, 5.41) is 0. The topological polar surface area (TPSA) is 98.1 Å². The van der Waals surface area contributed by atoms with E-state index in [0.717, 1.165) is 48.5 Å². The molecular formula is C22H25N5O3. The molecule has 0 saturated heterocycles. The molecule has 0 saturated carbocycles. The second kappa shape index (κ2) is 8.52. The van der Waals surface area contributed by atoms with E-state index in [2.05, 4.69) is 25.4 Å². The molecule has 0 bridgehead atoms. The van der Waals surface area contributed by atoms with Crippen LogP contribution in [-0.2, 0) is 17.8 Å². The maximum Gasteiger partial charge on any atom is 0.276 e. The molecule has 1 aromatic carbocycles. The highest BCUT2D eigenvalue weighted by molar-refractivity contribution is 6.04. The Hall–Kier alpha value is -3.42. The monoisotopic (exact) mass is 407 g/mol. The van der Waals surface area contributed by atoms with Crippen molar-refractivity contribution in [1.29, 1.82) is 0 Å². The number of aryl methyl sites for hydroxylation is 4. The maximum atomic E-state index is 12.8. The molecule has 30 heavy (non-hydrogen) atoms. The minimum atomic E-state index is -0.451. The number of hydrazine groups is 1. The van der Waals surface area contributed by atoms with E-state index >= 15 is 0 Å². The largest absolute Gasteiger partial charge is 0.484 e. The molecule has 4 rings (SSSR count). The number of aromatic nitrogens is 3. The number of benzene rings is 1. The Labute approximate surface area is 174 Å². The third-order valence-corrected chi connectivity index (χ3v) is 5.11. The number of fused-ring (bicyclic) bond motifs is 3. The van der Waals surface area contributed by atoms with Crippen molar-refractivity contribution >= 4 is 23.0 Å². The molecule has 2 amide bonds. The van der Waals surface area contributed by atoms with Crippen LogP contribution in [0.1, 0.15) is 46.7 Å². The van der Waals surface area contributed by atoms with Gasteiger partial charge < -0.3 is 9.30 Å². The second-order valence-corrected chi connectivity index (χ2v) is 7.58. The number of hydrogen-bond donors (Lipinski definition) is 2. The first-order valence-corrected chi connectivity index (χ1v) is 10.2. The highest BCUT2D eigenvalue weighted by Gasteiger charge is 2.21. The zero-order valence-electron chi connectivity index (χ0n) is 17.2. The van der Waals surface area contributed by atoms with Crippen molar-refractivity contribution in [1.82, 2.24) is 25.4 Å². The Balaban J connectivity index is 1.45. The number of nitrogens with zero attached hydrogens (tertiary/aromatic N) is 3. The lowest BCUT2D eigenvalue weighted by Gasteiger charge is -2.10. The summed E-state index contributed by atoms with van der Waals surface area (Å²) in [4.78, 5) is 34.2. The van der Waals surface area contributed by atoms with Crippen molar-refractivity contribution in [2.24, 2.45) is 0 Å². The van der Waals surface area contributed by atoms with E-state index in [4.69, 9.17) is 4.74 Å². The van der Waals surface area contributed by atoms with Gasteiger partial charge in [0.05, 0.1) is 5.56 Å². The second-order valence-electron chi connectivity index (χ2n) is 7.58. The first-order valence-electron chi connectivity index (χ1n) is 10.2. The summed E-state index contributed by atoms with van der Waals surface area (Å²) in [5.41, 5.74) is 8.33.